The van der Waals surface area contributed by atoms with Gasteiger partial charge in [0.2, 0.25) is 5.88 Å². The molecule has 0 spiro atoms. The van der Waals surface area contributed by atoms with Crippen molar-refractivity contribution in [1.82, 2.24) is 4.98 Å². The van der Waals surface area contributed by atoms with E-state index in [-0.39, 0.29) is 29.3 Å². The lowest BCUT2D eigenvalue weighted by Crippen LogP contribution is -2.10. The summed E-state index contributed by atoms with van der Waals surface area (Å²) in [5.74, 6) is -0.694. The quantitative estimate of drug-likeness (QED) is 0.874. The number of ether oxygens (including phenoxy) is 2. The largest absolute Gasteiger partial charge is 0.465 e. The smallest absolute Gasteiger partial charge is 0.433 e. The van der Waals surface area contributed by atoms with Crippen molar-refractivity contribution in [2.24, 2.45) is 5.73 Å². The molecule has 122 valence electrons. The number of hydrogen-bond donors (Lipinski definition) is 1. The third-order valence-corrected chi connectivity index (χ3v) is 2.87. The van der Waals surface area contributed by atoms with Crippen LogP contribution in [0.1, 0.15) is 21.6 Å². The number of rotatable bonds is 4. The number of carbonyl (C=O) groups excluding carboxylic acids is 1. The van der Waals surface area contributed by atoms with Gasteiger partial charge in [-0.1, -0.05) is 6.07 Å². The Bertz CT molecular complexity index is 717. The Morgan fingerprint density at radius 1 is 1.26 bits per heavy atom. The van der Waals surface area contributed by atoms with Crippen molar-refractivity contribution >= 4 is 5.97 Å². The fourth-order valence-corrected chi connectivity index (χ4v) is 1.80. The van der Waals surface area contributed by atoms with Gasteiger partial charge in [0, 0.05) is 12.6 Å². The maximum Gasteiger partial charge on any atom is 0.433 e. The molecule has 0 bridgehead atoms. The highest BCUT2D eigenvalue weighted by Crippen LogP contribution is 2.31. The van der Waals surface area contributed by atoms with Crippen LogP contribution in [0.5, 0.6) is 11.6 Å². The first-order chi connectivity index (χ1) is 10.8. The molecule has 0 aliphatic rings. The van der Waals surface area contributed by atoms with Gasteiger partial charge in [-0.15, -0.1) is 0 Å². The fourth-order valence-electron chi connectivity index (χ4n) is 1.80. The van der Waals surface area contributed by atoms with Crippen LogP contribution in [0.15, 0.2) is 36.4 Å². The zero-order chi connectivity index (χ0) is 17.0. The minimum absolute atomic E-state index is 0.0931. The number of nitrogens with two attached hydrogens (primary N) is 1. The molecule has 0 aliphatic heterocycles. The van der Waals surface area contributed by atoms with Gasteiger partial charge in [-0.2, -0.15) is 13.2 Å². The molecule has 8 heteroatoms. The third kappa shape index (κ3) is 4.19. The van der Waals surface area contributed by atoms with E-state index in [1.807, 2.05) is 0 Å². The topological polar surface area (TPSA) is 74.4 Å². The maximum absolute atomic E-state index is 12.8. The van der Waals surface area contributed by atoms with Gasteiger partial charge in [-0.25, -0.2) is 9.78 Å². The van der Waals surface area contributed by atoms with E-state index in [1.165, 1.54) is 37.4 Å². The van der Waals surface area contributed by atoms with E-state index in [2.05, 4.69) is 9.72 Å². The number of carbonyl (C=O) groups is 1. The highest BCUT2D eigenvalue weighted by atomic mass is 19.4. The first-order valence-electron chi connectivity index (χ1n) is 6.48. The summed E-state index contributed by atoms with van der Waals surface area (Å²) in [7, 11) is 1.22. The Labute approximate surface area is 129 Å². The monoisotopic (exact) mass is 326 g/mol. The number of benzene rings is 1. The predicted molar refractivity (Wildman–Crippen MR) is 75.0 cm³/mol. The number of pyridine rings is 1. The zero-order valence-electron chi connectivity index (χ0n) is 12.1. The molecule has 2 N–H and O–H groups in total. The van der Waals surface area contributed by atoms with E-state index in [9.17, 15) is 18.0 Å². The molecule has 0 aliphatic carbocycles. The van der Waals surface area contributed by atoms with Crippen molar-refractivity contribution in [3.8, 4) is 11.6 Å². The van der Waals surface area contributed by atoms with E-state index in [1.54, 1.807) is 0 Å². The van der Waals surface area contributed by atoms with Crippen LogP contribution < -0.4 is 10.5 Å². The number of esters is 1. The highest BCUT2D eigenvalue weighted by molar-refractivity contribution is 5.89. The zero-order valence-corrected chi connectivity index (χ0v) is 12.1. The lowest BCUT2D eigenvalue weighted by Gasteiger charge is -2.11. The van der Waals surface area contributed by atoms with E-state index in [0.29, 0.717) is 0 Å². The molecule has 0 saturated heterocycles. The van der Waals surface area contributed by atoms with Crippen LogP contribution in [0, 0.1) is 0 Å². The molecule has 0 fully saturated rings. The third-order valence-electron chi connectivity index (χ3n) is 2.87. The summed E-state index contributed by atoms with van der Waals surface area (Å²) in [6, 6.07) is 7.99. The highest BCUT2D eigenvalue weighted by Gasteiger charge is 2.33. The van der Waals surface area contributed by atoms with Crippen LogP contribution >= 0.6 is 0 Å². The molecule has 0 radical (unpaired) electrons. The average molecular weight is 326 g/mol. The fraction of sp³-hybridized carbons (Fsp3) is 0.200. The average Bonchev–Trinajstić information content (AvgIpc) is 2.53. The molecule has 1 aromatic heterocycles. The van der Waals surface area contributed by atoms with E-state index >= 15 is 0 Å². The SMILES string of the molecule is COC(=O)c1cccc(Oc2cc(CN)cc(C(F)(F)F)n2)c1. The molecular weight excluding hydrogens is 313 g/mol. The summed E-state index contributed by atoms with van der Waals surface area (Å²) in [5, 5.41) is 0. The predicted octanol–water partition coefficient (Wildman–Crippen LogP) is 3.14. The number of hydrogen-bond acceptors (Lipinski definition) is 5. The Balaban J connectivity index is 2.34. The summed E-state index contributed by atoms with van der Waals surface area (Å²) >= 11 is 0. The van der Waals surface area contributed by atoms with Crippen molar-refractivity contribution in [1.29, 1.82) is 0 Å². The van der Waals surface area contributed by atoms with Crippen LogP contribution in [0.4, 0.5) is 13.2 Å². The van der Waals surface area contributed by atoms with Gasteiger partial charge in [0.05, 0.1) is 12.7 Å². The van der Waals surface area contributed by atoms with Crippen LogP contribution in [0.2, 0.25) is 0 Å². The molecule has 0 amide bonds. The lowest BCUT2D eigenvalue weighted by molar-refractivity contribution is -0.141. The Kier molecular flexibility index (Phi) is 4.85. The number of aromatic nitrogens is 1. The number of methoxy groups -OCH3 is 1. The normalized spacial score (nSPS) is 11.2. The molecule has 2 aromatic rings. The van der Waals surface area contributed by atoms with Gasteiger partial charge in [-0.3, -0.25) is 0 Å². The minimum Gasteiger partial charge on any atom is -0.465 e. The summed E-state index contributed by atoms with van der Waals surface area (Å²) in [6.07, 6.45) is -4.61. The molecule has 5 nitrogen and oxygen atoms in total. The van der Waals surface area contributed by atoms with Gasteiger partial charge in [0.1, 0.15) is 11.4 Å². The number of nitrogens with zero attached hydrogens (tertiary/aromatic N) is 1. The van der Waals surface area contributed by atoms with Gasteiger partial charge in [-0.05, 0) is 29.8 Å². The maximum atomic E-state index is 12.8. The van der Waals surface area contributed by atoms with Crippen LogP contribution in [0.25, 0.3) is 0 Å². The first-order valence-corrected chi connectivity index (χ1v) is 6.48. The summed E-state index contributed by atoms with van der Waals surface area (Å²) in [5.41, 5.74) is 4.73. The summed E-state index contributed by atoms with van der Waals surface area (Å²) < 4.78 is 48.3. The van der Waals surface area contributed by atoms with Gasteiger partial charge < -0.3 is 15.2 Å². The van der Waals surface area contributed by atoms with Crippen LogP contribution in [-0.4, -0.2) is 18.1 Å². The molecule has 2 rings (SSSR count). The van der Waals surface area contributed by atoms with Gasteiger partial charge in [0.25, 0.3) is 0 Å². The van der Waals surface area contributed by atoms with Crippen molar-refractivity contribution in [3.63, 3.8) is 0 Å². The molecule has 23 heavy (non-hydrogen) atoms. The van der Waals surface area contributed by atoms with E-state index in [0.717, 1.165) is 6.07 Å². The molecule has 0 saturated carbocycles. The van der Waals surface area contributed by atoms with E-state index < -0.39 is 17.8 Å². The van der Waals surface area contributed by atoms with Crippen molar-refractivity contribution in [2.75, 3.05) is 7.11 Å². The molecule has 0 atom stereocenters. The van der Waals surface area contributed by atoms with Crippen molar-refractivity contribution in [3.05, 3.63) is 53.2 Å². The van der Waals surface area contributed by atoms with Crippen LogP contribution in [-0.2, 0) is 17.5 Å². The second-order valence-electron chi connectivity index (χ2n) is 4.52. The van der Waals surface area contributed by atoms with Crippen molar-refractivity contribution < 1.29 is 27.4 Å². The Morgan fingerprint density at radius 2 is 2.00 bits per heavy atom. The number of alkyl halides is 3. The molecule has 0 unspecified atom stereocenters. The van der Waals surface area contributed by atoms with Crippen molar-refractivity contribution in [2.45, 2.75) is 12.7 Å². The Morgan fingerprint density at radius 3 is 2.61 bits per heavy atom. The first kappa shape index (κ1) is 16.8. The second-order valence-corrected chi connectivity index (χ2v) is 4.52. The summed E-state index contributed by atoms with van der Waals surface area (Å²) in [6.45, 7) is -0.0931. The van der Waals surface area contributed by atoms with Crippen LogP contribution in [0.3, 0.4) is 0 Å². The van der Waals surface area contributed by atoms with Gasteiger partial charge in [0.15, 0.2) is 0 Å². The second kappa shape index (κ2) is 6.66. The minimum atomic E-state index is -4.61. The number of halogens is 3. The van der Waals surface area contributed by atoms with E-state index in [4.69, 9.17) is 10.5 Å². The Hall–Kier alpha value is -2.61. The standard InChI is InChI=1S/C15H13F3N2O3/c1-22-14(21)10-3-2-4-11(7-10)23-13-6-9(8-19)5-12(20-13)15(16,17)18/h2-7H,8,19H2,1H3. The molecular formula is C15H13F3N2O3. The molecule has 1 heterocycles. The molecule has 1 aromatic carbocycles. The lowest BCUT2D eigenvalue weighted by atomic mass is 10.2. The summed E-state index contributed by atoms with van der Waals surface area (Å²) in [4.78, 5) is 14.9. The van der Waals surface area contributed by atoms with Gasteiger partial charge >= 0.3 is 12.1 Å².